The van der Waals surface area contributed by atoms with Crippen molar-refractivity contribution in [3.05, 3.63) is 42.0 Å². The van der Waals surface area contributed by atoms with E-state index in [1.165, 1.54) is 12.1 Å². The fourth-order valence-electron chi connectivity index (χ4n) is 3.64. The van der Waals surface area contributed by atoms with Gasteiger partial charge in [-0.05, 0) is 25.2 Å². The minimum atomic E-state index is -4.39. The zero-order chi connectivity index (χ0) is 22.2. The molecule has 0 saturated carbocycles. The molecule has 3 aromatic rings. The van der Waals surface area contributed by atoms with E-state index in [9.17, 15) is 13.2 Å². The molecule has 0 radical (unpaired) electrons. The van der Waals surface area contributed by atoms with Crippen molar-refractivity contribution >= 4 is 16.7 Å². The Labute approximate surface area is 178 Å². The van der Waals surface area contributed by atoms with Crippen LogP contribution in [0.4, 0.5) is 19.0 Å². The van der Waals surface area contributed by atoms with Gasteiger partial charge in [-0.2, -0.15) is 13.2 Å². The number of benzene rings is 2. The molecule has 1 aromatic heterocycles. The van der Waals surface area contributed by atoms with Crippen molar-refractivity contribution in [3.63, 3.8) is 0 Å². The van der Waals surface area contributed by atoms with Gasteiger partial charge in [-0.15, -0.1) is 0 Å². The highest BCUT2D eigenvalue weighted by atomic mass is 19.4. The molecule has 0 spiro atoms. The second-order valence-corrected chi connectivity index (χ2v) is 7.46. The maximum atomic E-state index is 13.0. The summed E-state index contributed by atoms with van der Waals surface area (Å²) in [7, 11) is 5.18. The van der Waals surface area contributed by atoms with Crippen LogP contribution in [0.25, 0.3) is 22.3 Å². The third-order valence-corrected chi connectivity index (χ3v) is 5.45. The SMILES string of the molecule is COc1cc2nc(-c3ccc(C(F)(F)F)cc3)nc(N3CCN(C)CC3)c2cc1OC. The summed E-state index contributed by atoms with van der Waals surface area (Å²) in [6.07, 6.45) is -4.39. The van der Waals surface area contributed by atoms with Crippen LogP contribution < -0.4 is 14.4 Å². The first-order chi connectivity index (χ1) is 14.8. The van der Waals surface area contributed by atoms with Crippen LogP contribution in [0.1, 0.15) is 5.56 Å². The van der Waals surface area contributed by atoms with Gasteiger partial charge in [-0.1, -0.05) is 12.1 Å². The summed E-state index contributed by atoms with van der Waals surface area (Å²) in [5.41, 5.74) is 0.444. The molecule has 0 aliphatic carbocycles. The number of hydrogen-bond donors (Lipinski definition) is 0. The van der Waals surface area contributed by atoms with Crippen molar-refractivity contribution in [3.8, 4) is 22.9 Å². The number of hydrogen-bond acceptors (Lipinski definition) is 6. The molecule has 9 heteroatoms. The Balaban J connectivity index is 1.86. The maximum Gasteiger partial charge on any atom is 0.416 e. The summed E-state index contributed by atoms with van der Waals surface area (Å²) < 4.78 is 49.7. The van der Waals surface area contributed by atoms with E-state index in [0.29, 0.717) is 28.4 Å². The molecule has 0 unspecified atom stereocenters. The van der Waals surface area contributed by atoms with Gasteiger partial charge in [-0.3, -0.25) is 0 Å². The van der Waals surface area contributed by atoms with Gasteiger partial charge < -0.3 is 19.3 Å². The first-order valence-corrected chi connectivity index (χ1v) is 9.85. The van der Waals surface area contributed by atoms with Crippen molar-refractivity contribution in [2.75, 3.05) is 52.3 Å². The van der Waals surface area contributed by atoms with Gasteiger partial charge in [0.2, 0.25) is 0 Å². The summed E-state index contributed by atoms with van der Waals surface area (Å²) in [5, 5.41) is 0.804. The lowest BCUT2D eigenvalue weighted by Crippen LogP contribution is -2.45. The minimum absolute atomic E-state index is 0.363. The molecule has 0 N–H and O–H groups in total. The fraction of sp³-hybridized carbons (Fsp3) is 0.364. The van der Waals surface area contributed by atoms with E-state index in [1.54, 1.807) is 20.3 Å². The van der Waals surface area contributed by atoms with Crippen LogP contribution in [0.2, 0.25) is 0 Å². The largest absolute Gasteiger partial charge is 0.493 e. The summed E-state index contributed by atoms with van der Waals surface area (Å²) in [5.74, 6) is 2.18. The van der Waals surface area contributed by atoms with Crippen LogP contribution in [0.5, 0.6) is 11.5 Å². The van der Waals surface area contributed by atoms with Crippen LogP contribution >= 0.6 is 0 Å². The number of halogens is 3. The molecule has 0 bridgehead atoms. The molecule has 1 fully saturated rings. The molecule has 2 heterocycles. The molecule has 31 heavy (non-hydrogen) atoms. The molecule has 164 valence electrons. The first-order valence-electron chi connectivity index (χ1n) is 9.85. The van der Waals surface area contributed by atoms with Gasteiger partial charge in [0.25, 0.3) is 0 Å². The van der Waals surface area contributed by atoms with E-state index < -0.39 is 11.7 Å². The van der Waals surface area contributed by atoms with Gasteiger partial charge in [-0.25, -0.2) is 9.97 Å². The van der Waals surface area contributed by atoms with Crippen molar-refractivity contribution < 1.29 is 22.6 Å². The van der Waals surface area contributed by atoms with Crippen LogP contribution in [-0.2, 0) is 6.18 Å². The minimum Gasteiger partial charge on any atom is -0.493 e. The number of likely N-dealkylation sites (N-methyl/N-ethyl adjacent to an activating group) is 1. The average Bonchev–Trinajstić information content (AvgIpc) is 2.77. The van der Waals surface area contributed by atoms with Crippen molar-refractivity contribution in [2.24, 2.45) is 0 Å². The zero-order valence-corrected chi connectivity index (χ0v) is 17.5. The van der Waals surface area contributed by atoms with E-state index in [4.69, 9.17) is 14.5 Å². The van der Waals surface area contributed by atoms with E-state index >= 15 is 0 Å². The lowest BCUT2D eigenvalue weighted by Gasteiger charge is -2.34. The zero-order valence-electron chi connectivity index (χ0n) is 17.5. The number of ether oxygens (including phenoxy) is 2. The van der Waals surface area contributed by atoms with Gasteiger partial charge in [0.15, 0.2) is 17.3 Å². The molecule has 0 amide bonds. The quantitative estimate of drug-likeness (QED) is 0.619. The van der Waals surface area contributed by atoms with E-state index in [-0.39, 0.29) is 0 Å². The highest BCUT2D eigenvalue weighted by Gasteiger charge is 2.30. The number of anilines is 1. The monoisotopic (exact) mass is 432 g/mol. The van der Waals surface area contributed by atoms with Crippen molar-refractivity contribution in [1.29, 1.82) is 0 Å². The third kappa shape index (κ3) is 4.23. The van der Waals surface area contributed by atoms with E-state index in [1.807, 2.05) is 6.07 Å². The van der Waals surface area contributed by atoms with Gasteiger partial charge >= 0.3 is 6.18 Å². The fourth-order valence-corrected chi connectivity index (χ4v) is 3.64. The predicted molar refractivity (Wildman–Crippen MR) is 113 cm³/mol. The number of piperazine rings is 1. The Morgan fingerprint density at radius 3 is 2.06 bits per heavy atom. The third-order valence-electron chi connectivity index (χ3n) is 5.45. The normalized spacial score (nSPS) is 15.4. The van der Waals surface area contributed by atoms with Crippen LogP contribution in [0.3, 0.4) is 0 Å². The topological polar surface area (TPSA) is 50.7 Å². The van der Waals surface area contributed by atoms with Crippen LogP contribution in [0, 0.1) is 0 Å². The average molecular weight is 432 g/mol. The summed E-state index contributed by atoms with van der Waals surface area (Å²) in [6, 6.07) is 8.51. The molecule has 1 aliphatic rings. The number of nitrogens with zero attached hydrogens (tertiary/aromatic N) is 4. The van der Waals surface area contributed by atoms with E-state index in [0.717, 1.165) is 49.5 Å². The molecular formula is C22H23F3N4O2. The van der Waals surface area contributed by atoms with Crippen LogP contribution in [0.15, 0.2) is 36.4 Å². The molecule has 0 atom stereocenters. The number of rotatable bonds is 4. The van der Waals surface area contributed by atoms with Gasteiger partial charge in [0, 0.05) is 43.2 Å². The summed E-state index contributed by atoms with van der Waals surface area (Å²) in [6.45, 7) is 3.33. The van der Waals surface area contributed by atoms with Crippen molar-refractivity contribution in [1.82, 2.24) is 14.9 Å². The molecular weight excluding hydrogens is 409 g/mol. The second-order valence-electron chi connectivity index (χ2n) is 7.46. The Kier molecular flexibility index (Phi) is 5.62. The number of fused-ring (bicyclic) bond motifs is 1. The molecule has 4 rings (SSSR count). The van der Waals surface area contributed by atoms with E-state index in [2.05, 4.69) is 21.8 Å². The number of alkyl halides is 3. The molecule has 1 saturated heterocycles. The molecule has 1 aliphatic heterocycles. The summed E-state index contributed by atoms with van der Waals surface area (Å²) in [4.78, 5) is 13.8. The highest BCUT2D eigenvalue weighted by molar-refractivity contribution is 5.93. The molecule has 2 aromatic carbocycles. The van der Waals surface area contributed by atoms with Crippen LogP contribution in [-0.4, -0.2) is 62.3 Å². The Hall–Kier alpha value is -3.07. The Bertz CT molecular complexity index is 1080. The lowest BCUT2D eigenvalue weighted by molar-refractivity contribution is -0.137. The maximum absolute atomic E-state index is 13.0. The second kappa shape index (κ2) is 8.22. The number of aromatic nitrogens is 2. The van der Waals surface area contributed by atoms with Crippen molar-refractivity contribution in [2.45, 2.75) is 6.18 Å². The standard InChI is InChI=1S/C22H23F3N4O2/c1-28-8-10-29(11-9-28)21-16-12-18(30-2)19(31-3)13-17(16)26-20(27-21)14-4-6-15(7-5-14)22(23,24)25/h4-7,12-13H,8-11H2,1-3H3. The molecule has 6 nitrogen and oxygen atoms in total. The highest BCUT2D eigenvalue weighted by Crippen LogP contribution is 2.37. The van der Waals surface area contributed by atoms with Gasteiger partial charge in [0.05, 0.1) is 25.3 Å². The summed E-state index contributed by atoms with van der Waals surface area (Å²) >= 11 is 0. The number of methoxy groups -OCH3 is 2. The Morgan fingerprint density at radius 2 is 1.48 bits per heavy atom. The predicted octanol–water partition coefficient (Wildman–Crippen LogP) is 4.08. The lowest BCUT2D eigenvalue weighted by atomic mass is 10.1. The van der Waals surface area contributed by atoms with Gasteiger partial charge in [0.1, 0.15) is 5.82 Å². The first kappa shape index (κ1) is 21.2. The Morgan fingerprint density at radius 1 is 0.871 bits per heavy atom. The smallest absolute Gasteiger partial charge is 0.416 e.